The number of piperidine rings is 1. The largest absolute Gasteiger partial charge is 0.481 e. The van der Waals surface area contributed by atoms with Gasteiger partial charge < -0.3 is 15.0 Å². The fourth-order valence-corrected chi connectivity index (χ4v) is 3.99. The predicted molar refractivity (Wildman–Crippen MR) is 120 cm³/mol. The average molecular weight is 415 g/mol. The molecular formula is C24H31ClN2O2. The molecule has 1 fully saturated rings. The van der Waals surface area contributed by atoms with Gasteiger partial charge in [-0.25, -0.2) is 0 Å². The lowest BCUT2D eigenvalue weighted by molar-refractivity contribution is -0.128. The highest BCUT2D eigenvalue weighted by atomic mass is 35.5. The van der Waals surface area contributed by atoms with Gasteiger partial charge in [0.1, 0.15) is 5.75 Å². The fraction of sp³-hybridized carbons (Fsp3) is 0.458. The van der Waals surface area contributed by atoms with E-state index in [1.165, 1.54) is 18.5 Å². The summed E-state index contributed by atoms with van der Waals surface area (Å²) in [7, 11) is 0. The van der Waals surface area contributed by atoms with Gasteiger partial charge in [0.2, 0.25) is 0 Å². The Labute approximate surface area is 179 Å². The molecule has 1 aliphatic rings. The zero-order valence-electron chi connectivity index (χ0n) is 17.5. The van der Waals surface area contributed by atoms with Gasteiger partial charge in [0.25, 0.3) is 5.91 Å². The van der Waals surface area contributed by atoms with Gasteiger partial charge in [-0.15, -0.1) is 0 Å². The van der Waals surface area contributed by atoms with Crippen LogP contribution >= 0.6 is 11.6 Å². The van der Waals surface area contributed by atoms with Crippen LogP contribution in [0.25, 0.3) is 0 Å². The molecule has 1 amide bonds. The quantitative estimate of drug-likeness (QED) is 0.640. The van der Waals surface area contributed by atoms with Crippen molar-refractivity contribution >= 4 is 23.2 Å². The van der Waals surface area contributed by atoms with Gasteiger partial charge in [-0.2, -0.15) is 0 Å². The molecule has 1 heterocycles. The third-order valence-electron chi connectivity index (χ3n) is 5.51. The number of hydrogen-bond acceptors (Lipinski definition) is 3. The van der Waals surface area contributed by atoms with Gasteiger partial charge in [0.05, 0.1) is 6.04 Å². The van der Waals surface area contributed by atoms with E-state index in [9.17, 15) is 4.79 Å². The van der Waals surface area contributed by atoms with E-state index in [2.05, 4.69) is 41.4 Å². The molecule has 156 valence electrons. The van der Waals surface area contributed by atoms with Crippen LogP contribution in [0, 0.1) is 5.92 Å². The maximum atomic E-state index is 12.7. The van der Waals surface area contributed by atoms with E-state index >= 15 is 0 Å². The summed E-state index contributed by atoms with van der Waals surface area (Å²) < 4.78 is 5.85. The molecule has 3 rings (SSSR count). The first-order chi connectivity index (χ1) is 14.0. The number of amides is 1. The minimum Gasteiger partial charge on any atom is -0.481 e. The summed E-state index contributed by atoms with van der Waals surface area (Å²) in [5.41, 5.74) is 2.35. The molecule has 4 nitrogen and oxygen atoms in total. The van der Waals surface area contributed by atoms with E-state index in [1.54, 1.807) is 12.1 Å². The number of anilines is 1. The summed E-state index contributed by atoms with van der Waals surface area (Å²) in [5, 5.41) is 3.67. The number of halogens is 1. The fourth-order valence-electron chi connectivity index (χ4n) is 3.81. The van der Waals surface area contributed by atoms with Crippen LogP contribution in [-0.2, 0) is 4.79 Å². The number of hydrogen-bond donors (Lipinski definition) is 1. The lowest BCUT2D eigenvalue weighted by Gasteiger charge is -2.33. The Bertz CT molecular complexity index is 809. The molecule has 0 aromatic heterocycles. The van der Waals surface area contributed by atoms with Crippen LogP contribution in [0.3, 0.4) is 0 Å². The summed E-state index contributed by atoms with van der Waals surface area (Å²) in [6.07, 6.45) is 2.59. The number of ether oxygens (including phenoxy) is 1. The molecule has 3 unspecified atom stereocenters. The standard InChI is InChI=1S/C24H31ClN2O2/c1-4-23(29-22-9-5-8-20(25)15-22)24(28)26-18(3)19-10-12-21(13-11-19)27-14-6-7-17(2)16-27/h5,8-13,15,17-18,23H,4,6-7,14,16H2,1-3H3,(H,26,28). The third kappa shape index (κ3) is 5.89. The van der Waals surface area contributed by atoms with Crippen molar-refractivity contribution in [1.82, 2.24) is 5.32 Å². The summed E-state index contributed by atoms with van der Waals surface area (Å²) in [5.74, 6) is 1.23. The van der Waals surface area contributed by atoms with E-state index in [-0.39, 0.29) is 11.9 Å². The summed E-state index contributed by atoms with van der Waals surface area (Å²) in [6.45, 7) is 8.49. The van der Waals surface area contributed by atoms with Crippen molar-refractivity contribution in [3.63, 3.8) is 0 Å². The van der Waals surface area contributed by atoms with Crippen molar-refractivity contribution in [1.29, 1.82) is 0 Å². The molecule has 0 aliphatic carbocycles. The van der Waals surface area contributed by atoms with Crippen LogP contribution in [0.5, 0.6) is 5.75 Å². The number of benzene rings is 2. The minimum absolute atomic E-state index is 0.0890. The minimum atomic E-state index is -0.551. The van der Waals surface area contributed by atoms with Crippen molar-refractivity contribution in [3.8, 4) is 5.75 Å². The Hall–Kier alpha value is -2.20. The number of rotatable bonds is 7. The first-order valence-electron chi connectivity index (χ1n) is 10.5. The maximum Gasteiger partial charge on any atom is 0.261 e. The molecule has 0 radical (unpaired) electrons. The van der Waals surface area contributed by atoms with Crippen LogP contribution in [0.15, 0.2) is 48.5 Å². The van der Waals surface area contributed by atoms with Gasteiger partial charge in [-0.05, 0) is 68.0 Å². The molecule has 0 saturated carbocycles. The van der Waals surface area contributed by atoms with E-state index in [0.717, 1.165) is 24.6 Å². The smallest absolute Gasteiger partial charge is 0.261 e. The van der Waals surface area contributed by atoms with Crippen LogP contribution in [0.1, 0.15) is 51.6 Å². The molecule has 2 aromatic carbocycles. The molecule has 0 spiro atoms. The van der Waals surface area contributed by atoms with Gasteiger partial charge in [0, 0.05) is 23.8 Å². The number of carbonyl (C=O) groups is 1. The normalized spacial score (nSPS) is 18.8. The molecule has 1 saturated heterocycles. The van der Waals surface area contributed by atoms with Crippen molar-refractivity contribution in [2.45, 2.75) is 52.2 Å². The number of carbonyl (C=O) groups excluding carboxylic acids is 1. The molecule has 29 heavy (non-hydrogen) atoms. The molecular weight excluding hydrogens is 384 g/mol. The molecule has 0 bridgehead atoms. The second kappa shape index (κ2) is 10.0. The Morgan fingerprint density at radius 3 is 2.69 bits per heavy atom. The SMILES string of the molecule is CCC(Oc1cccc(Cl)c1)C(=O)NC(C)c1ccc(N2CCCC(C)C2)cc1. The van der Waals surface area contributed by atoms with Gasteiger partial charge in [-0.1, -0.05) is 43.6 Å². The van der Waals surface area contributed by atoms with Crippen LogP contribution in [0.2, 0.25) is 5.02 Å². The van der Waals surface area contributed by atoms with Gasteiger partial charge in [-0.3, -0.25) is 4.79 Å². The zero-order chi connectivity index (χ0) is 20.8. The van der Waals surface area contributed by atoms with E-state index in [1.807, 2.05) is 26.0 Å². The second-order valence-electron chi connectivity index (χ2n) is 7.99. The first kappa shape index (κ1) is 21.5. The second-order valence-corrected chi connectivity index (χ2v) is 8.42. The third-order valence-corrected chi connectivity index (χ3v) is 5.75. The van der Waals surface area contributed by atoms with Crippen molar-refractivity contribution in [3.05, 3.63) is 59.1 Å². The van der Waals surface area contributed by atoms with Crippen LogP contribution in [0.4, 0.5) is 5.69 Å². The van der Waals surface area contributed by atoms with Crippen molar-refractivity contribution in [2.24, 2.45) is 5.92 Å². The topological polar surface area (TPSA) is 41.6 Å². The summed E-state index contributed by atoms with van der Waals surface area (Å²) >= 11 is 6.01. The summed E-state index contributed by atoms with van der Waals surface area (Å²) in [6, 6.07) is 15.6. The molecule has 3 atom stereocenters. The highest BCUT2D eigenvalue weighted by Gasteiger charge is 2.21. The van der Waals surface area contributed by atoms with E-state index < -0.39 is 6.10 Å². The average Bonchev–Trinajstić information content (AvgIpc) is 2.72. The van der Waals surface area contributed by atoms with Crippen molar-refractivity contribution in [2.75, 3.05) is 18.0 Å². The summed E-state index contributed by atoms with van der Waals surface area (Å²) in [4.78, 5) is 15.2. The predicted octanol–water partition coefficient (Wildman–Crippen LogP) is 5.61. The molecule has 1 aliphatic heterocycles. The molecule has 1 N–H and O–H groups in total. The zero-order valence-corrected chi connectivity index (χ0v) is 18.3. The van der Waals surface area contributed by atoms with E-state index in [0.29, 0.717) is 17.2 Å². The Balaban J connectivity index is 1.59. The van der Waals surface area contributed by atoms with Gasteiger partial charge >= 0.3 is 0 Å². The lowest BCUT2D eigenvalue weighted by atomic mass is 9.99. The van der Waals surface area contributed by atoms with Crippen LogP contribution < -0.4 is 15.0 Å². The Morgan fingerprint density at radius 1 is 1.28 bits per heavy atom. The van der Waals surface area contributed by atoms with Gasteiger partial charge in [0.15, 0.2) is 6.10 Å². The van der Waals surface area contributed by atoms with E-state index in [4.69, 9.17) is 16.3 Å². The maximum absolute atomic E-state index is 12.7. The van der Waals surface area contributed by atoms with Crippen molar-refractivity contribution < 1.29 is 9.53 Å². The Kier molecular flexibility index (Phi) is 7.43. The van der Waals surface area contributed by atoms with Crippen LogP contribution in [-0.4, -0.2) is 25.1 Å². The monoisotopic (exact) mass is 414 g/mol. The lowest BCUT2D eigenvalue weighted by Crippen LogP contribution is -2.39. The highest BCUT2D eigenvalue weighted by Crippen LogP contribution is 2.25. The molecule has 2 aromatic rings. The Morgan fingerprint density at radius 2 is 2.03 bits per heavy atom. The molecule has 5 heteroatoms. The first-order valence-corrected chi connectivity index (χ1v) is 10.9. The highest BCUT2D eigenvalue weighted by molar-refractivity contribution is 6.30. The number of nitrogens with zero attached hydrogens (tertiary/aromatic N) is 1. The number of nitrogens with one attached hydrogen (secondary N) is 1.